The van der Waals surface area contributed by atoms with Gasteiger partial charge in [-0.05, 0) is 76.1 Å². The monoisotopic (exact) mass is 595 g/mol. The third-order valence-electron chi connectivity index (χ3n) is 7.53. The zero-order valence-corrected chi connectivity index (χ0v) is 25.3. The lowest BCUT2D eigenvalue weighted by Crippen LogP contribution is -2.57. The number of alkyl carbamates (subject to hydrolysis) is 2. The highest BCUT2D eigenvalue weighted by Crippen LogP contribution is 2.44. The number of hydrogen-bond donors (Lipinski definition) is 3. The van der Waals surface area contributed by atoms with Crippen LogP contribution in [0.4, 0.5) is 9.59 Å². The highest BCUT2D eigenvalue weighted by molar-refractivity contribution is 5.90. The highest BCUT2D eigenvalue weighted by atomic mass is 16.6. The van der Waals surface area contributed by atoms with Gasteiger partial charge in [0.25, 0.3) is 0 Å². The first-order valence-electron chi connectivity index (χ1n) is 14.6. The minimum atomic E-state index is -1.19. The molecule has 232 valence electrons. The summed E-state index contributed by atoms with van der Waals surface area (Å²) in [5.74, 6) is -1.93. The Morgan fingerprint density at radius 2 is 1.60 bits per heavy atom. The van der Waals surface area contributed by atoms with Gasteiger partial charge in [0.1, 0.15) is 24.0 Å². The van der Waals surface area contributed by atoms with Crippen LogP contribution in [0.25, 0.3) is 11.1 Å². The Bertz CT molecular complexity index is 1310. The van der Waals surface area contributed by atoms with Crippen LogP contribution < -0.4 is 10.6 Å². The van der Waals surface area contributed by atoms with Crippen molar-refractivity contribution in [3.05, 3.63) is 59.7 Å². The molecule has 1 heterocycles. The summed E-state index contributed by atoms with van der Waals surface area (Å²) in [7, 11) is 0. The Morgan fingerprint density at radius 3 is 2.19 bits per heavy atom. The van der Waals surface area contributed by atoms with Crippen LogP contribution in [0.5, 0.6) is 0 Å². The van der Waals surface area contributed by atoms with E-state index < -0.39 is 47.5 Å². The first-order chi connectivity index (χ1) is 20.3. The average molecular weight is 596 g/mol. The maximum Gasteiger partial charge on any atom is 0.407 e. The quantitative estimate of drug-likeness (QED) is 0.337. The summed E-state index contributed by atoms with van der Waals surface area (Å²) in [6, 6.07) is 13.7. The van der Waals surface area contributed by atoms with Gasteiger partial charge < -0.3 is 30.0 Å². The van der Waals surface area contributed by atoms with Crippen LogP contribution in [0.1, 0.15) is 70.9 Å². The Kier molecular flexibility index (Phi) is 9.64. The number of unbranched alkanes of at least 4 members (excludes halogenated alkanes) is 1. The molecule has 11 nitrogen and oxygen atoms in total. The SMILES string of the molecule is CC(C)(C)OC(=O)NCCCC[C@@H](NC(=O)OCC1c2ccccc2-c2ccccc21)C(=O)N1[C@H](C(=O)O)COC1(C)C. The summed E-state index contributed by atoms with van der Waals surface area (Å²) in [6.07, 6.45) is -0.188. The van der Waals surface area contributed by atoms with Crippen LogP contribution in [-0.4, -0.2) is 77.2 Å². The van der Waals surface area contributed by atoms with Crippen molar-refractivity contribution in [1.29, 1.82) is 0 Å². The summed E-state index contributed by atoms with van der Waals surface area (Å²) in [4.78, 5) is 51.9. The predicted octanol–water partition coefficient (Wildman–Crippen LogP) is 4.64. The van der Waals surface area contributed by atoms with Crippen LogP contribution in [0.2, 0.25) is 0 Å². The molecule has 43 heavy (non-hydrogen) atoms. The van der Waals surface area contributed by atoms with Crippen molar-refractivity contribution in [2.24, 2.45) is 0 Å². The third kappa shape index (κ3) is 7.64. The molecule has 3 amide bonds. The molecule has 1 saturated heterocycles. The number of amides is 3. The van der Waals surface area contributed by atoms with Gasteiger partial charge in [0.15, 0.2) is 6.04 Å². The van der Waals surface area contributed by atoms with E-state index in [0.717, 1.165) is 22.3 Å². The van der Waals surface area contributed by atoms with Gasteiger partial charge in [-0.2, -0.15) is 0 Å². The van der Waals surface area contributed by atoms with Gasteiger partial charge in [0, 0.05) is 12.5 Å². The van der Waals surface area contributed by atoms with Crippen LogP contribution in [0.3, 0.4) is 0 Å². The number of carboxylic acids is 1. The number of carbonyl (C=O) groups excluding carboxylic acids is 3. The first-order valence-corrected chi connectivity index (χ1v) is 14.6. The van der Waals surface area contributed by atoms with Crippen molar-refractivity contribution in [2.45, 2.75) is 83.2 Å². The molecule has 3 N–H and O–H groups in total. The number of carboxylic acid groups (broad SMARTS) is 1. The van der Waals surface area contributed by atoms with E-state index in [1.807, 2.05) is 48.5 Å². The average Bonchev–Trinajstić information content (AvgIpc) is 3.43. The van der Waals surface area contributed by atoms with Gasteiger partial charge in [-0.15, -0.1) is 0 Å². The summed E-state index contributed by atoms with van der Waals surface area (Å²) in [5.41, 5.74) is 2.50. The summed E-state index contributed by atoms with van der Waals surface area (Å²) in [6.45, 7) is 8.74. The minimum absolute atomic E-state index is 0.0661. The molecule has 1 fully saturated rings. The minimum Gasteiger partial charge on any atom is -0.480 e. The van der Waals surface area contributed by atoms with Gasteiger partial charge in [-0.3, -0.25) is 9.69 Å². The third-order valence-corrected chi connectivity index (χ3v) is 7.53. The van der Waals surface area contributed by atoms with Crippen LogP contribution >= 0.6 is 0 Å². The molecular formula is C32H41N3O8. The van der Waals surface area contributed by atoms with Crippen LogP contribution in [0, 0.1) is 0 Å². The lowest BCUT2D eigenvalue weighted by atomic mass is 9.98. The molecular weight excluding hydrogens is 554 g/mol. The number of nitrogens with one attached hydrogen (secondary N) is 2. The van der Waals surface area contributed by atoms with Crippen LogP contribution in [0.15, 0.2) is 48.5 Å². The van der Waals surface area contributed by atoms with Crippen molar-refractivity contribution in [3.8, 4) is 11.1 Å². The van der Waals surface area contributed by atoms with Crippen molar-refractivity contribution in [3.63, 3.8) is 0 Å². The lowest BCUT2D eigenvalue weighted by Gasteiger charge is -2.35. The Balaban J connectivity index is 1.42. The molecule has 0 saturated carbocycles. The Labute approximate surface area is 251 Å². The van der Waals surface area contributed by atoms with Crippen molar-refractivity contribution in [2.75, 3.05) is 19.8 Å². The summed E-state index contributed by atoms with van der Waals surface area (Å²) < 4.78 is 16.5. The fourth-order valence-electron chi connectivity index (χ4n) is 5.59. The highest BCUT2D eigenvalue weighted by Gasteiger charge is 2.49. The van der Waals surface area contributed by atoms with Gasteiger partial charge in [0.05, 0.1) is 6.61 Å². The molecule has 0 spiro atoms. The maximum absolute atomic E-state index is 13.8. The van der Waals surface area contributed by atoms with E-state index in [4.69, 9.17) is 14.2 Å². The molecule has 2 aromatic carbocycles. The molecule has 0 aromatic heterocycles. The van der Waals surface area contributed by atoms with E-state index in [1.165, 1.54) is 4.90 Å². The van der Waals surface area contributed by atoms with E-state index in [0.29, 0.717) is 19.4 Å². The van der Waals surface area contributed by atoms with E-state index in [2.05, 4.69) is 10.6 Å². The fourth-order valence-corrected chi connectivity index (χ4v) is 5.59. The number of aliphatic carboxylic acids is 1. The molecule has 0 radical (unpaired) electrons. The molecule has 4 rings (SSSR count). The molecule has 11 heteroatoms. The molecule has 1 aliphatic heterocycles. The first kappa shape index (κ1) is 31.8. The second-order valence-corrected chi connectivity index (χ2v) is 12.3. The molecule has 1 aliphatic carbocycles. The van der Waals surface area contributed by atoms with Gasteiger partial charge in [-0.25, -0.2) is 14.4 Å². The maximum atomic E-state index is 13.8. The number of fused-ring (bicyclic) bond motifs is 3. The number of rotatable bonds is 10. The lowest BCUT2D eigenvalue weighted by molar-refractivity contribution is -0.156. The largest absolute Gasteiger partial charge is 0.480 e. The smallest absolute Gasteiger partial charge is 0.407 e. The normalized spacial score (nSPS) is 17.9. The number of ether oxygens (including phenoxy) is 3. The van der Waals surface area contributed by atoms with E-state index >= 15 is 0 Å². The molecule has 2 atom stereocenters. The predicted molar refractivity (Wildman–Crippen MR) is 158 cm³/mol. The van der Waals surface area contributed by atoms with E-state index in [-0.39, 0.29) is 25.6 Å². The second-order valence-electron chi connectivity index (χ2n) is 12.3. The molecule has 0 bridgehead atoms. The number of carbonyl (C=O) groups is 4. The Morgan fingerprint density at radius 1 is 1.00 bits per heavy atom. The summed E-state index contributed by atoms with van der Waals surface area (Å²) >= 11 is 0. The molecule has 2 aromatic rings. The zero-order chi connectivity index (χ0) is 31.4. The van der Waals surface area contributed by atoms with E-state index in [1.54, 1.807) is 34.6 Å². The van der Waals surface area contributed by atoms with Crippen LogP contribution in [-0.2, 0) is 23.8 Å². The van der Waals surface area contributed by atoms with Crippen molar-refractivity contribution < 1.29 is 38.5 Å². The molecule has 0 unspecified atom stereocenters. The number of benzene rings is 2. The Hall–Kier alpha value is -4.12. The van der Waals surface area contributed by atoms with Crippen molar-refractivity contribution in [1.82, 2.24) is 15.5 Å². The number of nitrogens with zero attached hydrogens (tertiary/aromatic N) is 1. The fraction of sp³-hybridized carbons (Fsp3) is 0.500. The van der Waals surface area contributed by atoms with Gasteiger partial charge >= 0.3 is 18.2 Å². The molecule has 2 aliphatic rings. The summed E-state index contributed by atoms with van der Waals surface area (Å²) in [5, 5.41) is 15.1. The zero-order valence-electron chi connectivity index (χ0n) is 25.3. The van der Waals surface area contributed by atoms with E-state index in [9.17, 15) is 24.3 Å². The second kappa shape index (κ2) is 13.0. The van der Waals surface area contributed by atoms with Crippen molar-refractivity contribution >= 4 is 24.1 Å². The van der Waals surface area contributed by atoms with Gasteiger partial charge in [0.2, 0.25) is 5.91 Å². The standard InChI is InChI=1S/C32H41N3O8/c1-31(2,3)43-29(39)33-17-11-10-16-25(27(36)35-26(28(37)38)19-42-32(35,4)5)34-30(40)41-18-24-22-14-8-6-12-20(22)21-13-7-9-15-23(21)24/h6-9,12-15,24-26H,10-11,16-19H2,1-5H3,(H,33,39)(H,34,40)(H,37,38)/t25-,26+/m1/s1. The number of hydrogen-bond acceptors (Lipinski definition) is 7. The van der Waals surface area contributed by atoms with Gasteiger partial charge in [-0.1, -0.05) is 48.5 Å². The topological polar surface area (TPSA) is 144 Å².